The number of benzene rings is 2. The van der Waals surface area contributed by atoms with E-state index in [-0.39, 0.29) is 24.1 Å². The van der Waals surface area contributed by atoms with Crippen LogP contribution < -0.4 is 10.9 Å². The Labute approximate surface area is 158 Å². The standard InChI is InChI=1S/C22H23N3O2/c1-14-6-8-16(9-7-14)21(17-10-11-17)24-19(26)12-25-13-23-20-15(2)4-3-5-18(20)22(25)27/h3-9,13,17,21H,10-12H2,1-2H3,(H,24,26). The van der Waals surface area contributed by atoms with Gasteiger partial charge < -0.3 is 5.32 Å². The van der Waals surface area contributed by atoms with Crippen molar-refractivity contribution < 1.29 is 4.79 Å². The first-order valence-electron chi connectivity index (χ1n) is 9.33. The minimum atomic E-state index is -0.183. The molecule has 4 rings (SSSR count). The molecule has 0 spiro atoms. The number of hydrogen-bond acceptors (Lipinski definition) is 3. The number of rotatable bonds is 5. The summed E-state index contributed by atoms with van der Waals surface area (Å²) in [7, 11) is 0. The third kappa shape index (κ3) is 3.63. The van der Waals surface area contributed by atoms with Gasteiger partial charge in [-0.1, -0.05) is 42.0 Å². The van der Waals surface area contributed by atoms with Crippen molar-refractivity contribution in [2.45, 2.75) is 39.3 Å². The van der Waals surface area contributed by atoms with Crippen LogP contribution in [0.25, 0.3) is 10.9 Å². The number of carbonyl (C=O) groups excluding carboxylic acids is 1. The van der Waals surface area contributed by atoms with Crippen molar-refractivity contribution in [3.05, 3.63) is 75.8 Å². The van der Waals surface area contributed by atoms with Crippen molar-refractivity contribution in [1.82, 2.24) is 14.9 Å². The number of hydrogen-bond donors (Lipinski definition) is 1. The van der Waals surface area contributed by atoms with Crippen LogP contribution in [0.3, 0.4) is 0 Å². The number of carbonyl (C=O) groups is 1. The van der Waals surface area contributed by atoms with Gasteiger partial charge in [0.25, 0.3) is 5.56 Å². The van der Waals surface area contributed by atoms with E-state index < -0.39 is 0 Å². The van der Waals surface area contributed by atoms with Gasteiger partial charge in [-0.3, -0.25) is 14.2 Å². The summed E-state index contributed by atoms with van der Waals surface area (Å²) in [5.41, 5.74) is 3.78. The van der Waals surface area contributed by atoms with Crippen LogP contribution in [0.2, 0.25) is 0 Å². The lowest BCUT2D eigenvalue weighted by atomic mass is 10.0. The predicted octanol–water partition coefficient (Wildman–Crippen LogP) is 3.28. The topological polar surface area (TPSA) is 64.0 Å². The molecule has 1 unspecified atom stereocenters. The first kappa shape index (κ1) is 17.5. The number of aryl methyl sites for hydroxylation is 2. The summed E-state index contributed by atoms with van der Waals surface area (Å²) in [4.78, 5) is 29.7. The predicted molar refractivity (Wildman–Crippen MR) is 106 cm³/mol. The van der Waals surface area contributed by atoms with E-state index in [2.05, 4.69) is 41.5 Å². The van der Waals surface area contributed by atoms with Gasteiger partial charge in [0.1, 0.15) is 6.54 Å². The van der Waals surface area contributed by atoms with Gasteiger partial charge in [-0.15, -0.1) is 0 Å². The molecule has 138 valence electrons. The summed E-state index contributed by atoms with van der Waals surface area (Å²) in [5, 5.41) is 3.67. The molecule has 3 aromatic rings. The zero-order chi connectivity index (χ0) is 19.0. The number of aromatic nitrogens is 2. The lowest BCUT2D eigenvalue weighted by Gasteiger charge is -2.19. The van der Waals surface area contributed by atoms with Crippen molar-refractivity contribution in [2.75, 3.05) is 0 Å². The van der Waals surface area contributed by atoms with Crippen molar-refractivity contribution in [3.63, 3.8) is 0 Å². The monoisotopic (exact) mass is 361 g/mol. The molecule has 27 heavy (non-hydrogen) atoms. The number of nitrogens with zero attached hydrogens (tertiary/aromatic N) is 2. The largest absolute Gasteiger partial charge is 0.347 e. The Balaban J connectivity index is 1.55. The minimum absolute atomic E-state index is 0.00413. The first-order valence-corrected chi connectivity index (χ1v) is 9.33. The number of amides is 1. The Morgan fingerprint density at radius 3 is 2.63 bits per heavy atom. The van der Waals surface area contributed by atoms with Crippen LogP contribution in [0, 0.1) is 19.8 Å². The Morgan fingerprint density at radius 2 is 1.93 bits per heavy atom. The van der Waals surface area contributed by atoms with Gasteiger partial charge in [-0.25, -0.2) is 4.98 Å². The lowest BCUT2D eigenvalue weighted by molar-refractivity contribution is -0.122. The molecule has 1 N–H and O–H groups in total. The van der Waals surface area contributed by atoms with Crippen LogP contribution >= 0.6 is 0 Å². The summed E-state index contributed by atoms with van der Waals surface area (Å²) in [6, 6.07) is 13.8. The van der Waals surface area contributed by atoms with Crippen molar-refractivity contribution >= 4 is 16.8 Å². The average Bonchev–Trinajstić information content (AvgIpc) is 3.49. The van der Waals surface area contributed by atoms with Crippen LogP contribution in [0.15, 0.2) is 53.6 Å². The normalized spacial score (nSPS) is 14.9. The van der Waals surface area contributed by atoms with Gasteiger partial charge in [-0.05, 0) is 49.8 Å². The van der Waals surface area contributed by atoms with Gasteiger partial charge >= 0.3 is 0 Å². The molecule has 5 nitrogen and oxygen atoms in total. The van der Waals surface area contributed by atoms with Gasteiger partial charge in [0.2, 0.25) is 5.91 Å². The Kier molecular flexibility index (Phi) is 4.52. The van der Waals surface area contributed by atoms with Crippen LogP contribution in [-0.2, 0) is 11.3 Å². The van der Waals surface area contributed by atoms with Gasteiger partial charge in [-0.2, -0.15) is 0 Å². The van der Waals surface area contributed by atoms with E-state index in [0.717, 1.165) is 24.0 Å². The first-order chi connectivity index (χ1) is 13.0. The molecule has 1 aromatic heterocycles. The van der Waals surface area contributed by atoms with E-state index in [0.29, 0.717) is 16.8 Å². The molecule has 2 aromatic carbocycles. The maximum Gasteiger partial charge on any atom is 0.261 e. The fourth-order valence-corrected chi connectivity index (χ4v) is 3.50. The molecule has 5 heteroatoms. The van der Waals surface area contributed by atoms with Crippen LogP contribution in [0.5, 0.6) is 0 Å². The highest BCUT2D eigenvalue weighted by Gasteiger charge is 2.33. The molecule has 1 amide bonds. The minimum Gasteiger partial charge on any atom is -0.347 e. The summed E-state index contributed by atoms with van der Waals surface area (Å²) >= 11 is 0. The van der Waals surface area contributed by atoms with E-state index in [4.69, 9.17) is 0 Å². The average molecular weight is 361 g/mol. The molecule has 1 atom stereocenters. The lowest BCUT2D eigenvalue weighted by Crippen LogP contribution is -2.35. The van der Waals surface area contributed by atoms with Gasteiger partial charge in [0.05, 0.1) is 23.3 Å². The maximum absolute atomic E-state index is 12.7. The molecule has 1 fully saturated rings. The smallest absolute Gasteiger partial charge is 0.261 e. The van der Waals surface area contributed by atoms with E-state index >= 15 is 0 Å². The highest BCUT2D eigenvalue weighted by Crippen LogP contribution is 2.41. The Morgan fingerprint density at radius 1 is 1.19 bits per heavy atom. The molecular weight excluding hydrogens is 338 g/mol. The molecule has 0 bridgehead atoms. The molecule has 0 radical (unpaired) electrons. The number of fused-ring (bicyclic) bond motifs is 1. The van der Waals surface area contributed by atoms with Gasteiger partial charge in [0.15, 0.2) is 0 Å². The fourth-order valence-electron chi connectivity index (χ4n) is 3.50. The van der Waals surface area contributed by atoms with E-state index in [1.54, 1.807) is 6.07 Å². The Hall–Kier alpha value is -2.95. The molecule has 1 aliphatic rings. The molecule has 0 saturated heterocycles. The quantitative estimate of drug-likeness (QED) is 0.758. The van der Waals surface area contributed by atoms with Crippen molar-refractivity contribution in [1.29, 1.82) is 0 Å². The summed E-state index contributed by atoms with van der Waals surface area (Å²) < 4.78 is 1.39. The summed E-state index contributed by atoms with van der Waals surface area (Å²) in [5.74, 6) is 0.314. The molecule has 1 saturated carbocycles. The number of nitrogens with one attached hydrogen (secondary N) is 1. The second kappa shape index (κ2) is 6.99. The van der Waals surface area contributed by atoms with E-state index in [9.17, 15) is 9.59 Å². The van der Waals surface area contributed by atoms with E-state index in [1.807, 2.05) is 19.1 Å². The highest BCUT2D eigenvalue weighted by molar-refractivity contribution is 5.81. The number of para-hydroxylation sites is 1. The second-order valence-corrected chi connectivity index (χ2v) is 7.44. The highest BCUT2D eigenvalue weighted by atomic mass is 16.2. The summed E-state index contributed by atoms with van der Waals surface area (Å²) in [6.07, 6.45) is 3.71. The SMILES string of the molecule is Cc1ccc(C(NC(=O)Cn2cnc3c(C)cccc3c2=O)C2CC2)cc1. The Bertz CT molecular complexity index is 1050. The molecule has 0 aliphatic heterocycles. The zero-order valence-corrected chi connectivity index (χ0v) is 15.6. The fraction of sp³-hybridized carbons (Fsp3) is 0.318. The third-order valence-electron chi connectivity index (χ3n) is 5.22. The summed E-state index contributed by atoms with van der Waals surface area (Å²) in [6.45, 7) is 3.95. The second-order valence-electron chi connectivity index (χ2n) is 7.44. The van der Waals surface area contributed by atoms with Crippen LogP contribution in [0.4, 0.5) is 0 Å². The van der Waals surface area contributed by atoms with Gasteiger partial charge in [0, 0.05) is 0 Å². The molecule has 1 heterocycles. The molecule has 1 aliphatic carbocycles. The van der Waals surface area contributed by atoms with E-state index in [1.165, 1.54) is 16.5 Å². The van der Waals surface area contributed by atoms with Crippen molar-refractivity contribution in [3.8, 4) is 0 Å². The third-order valence-corrected chi connectivity index (χ3v) is 5.22. The van der Waals surface area contributed by atoms with Crippen LogP contribution in [0.1, 0.15) is 35.6 Å². The zero-order valence-electron chi connectivity index (χ0n) is 15.6. The molecular formula is C22H23N3O2. The van der Waals surface area contributed by atoms with Crippen molar-refractivity contribution in [2.24, 2.45) is 5.92 Å². The van der Waals surface area contributed by atoms with Crippen LogP contribution in [-0.4, -0.2) is 15.5 Å². The maximum atomic E-state index is 12.7.